The molecule has 2 aromatic heterocycles. The number of carbonyl (C=O) groups is 1. The van der Waals surface area contributed by atoms with E-state index in [0.717, 1.165) is 11.7 Å². The summed E-state index contributed by atoms with van der Waals surface area (Å²) in [5.74, 6) is -0.994. The third kappa shape index (κ3) is 1.99. The number of aliphatic carboxylic acids is 1. The Balaban J connectivity index is 2.52. The Morgan fingerprint density at radius 2 is 2.33 bits per heavy atom. The molecule has 5 heteroatoms. The monoisotopic (exact) mass is 222 g/mol. The van der Waals surface area contributed by atoms with Gasteiger partial charge in [-0.25, -0.2) is 9.78 Å². The van der Waals surface area contributed by atoms with E-state index in [1.165, 1.54) is 6.08 Å². The van der Waals surface area contributed by atoms with Crippen LogP contribution in [0.5, 0.6) is 0 Å². The zero-order valence-electron chi connectivity index (χ0n) is 7.59. The van der Waals surface area contributed by atoms with Crippen LogP contribution in [0.2, 0.25) is 5.02 Å². The van der Waals surface area contributed by atoms with E-state index >= 15 is 0 Å². The molecular formula is C10H7ClN2O2. The van der Waals surface area contributed by atoms with E-state index in [2.05, 4.69) is 4.98 Å². The van der Waals surface area contributed by atoms with Crippen LogP contribution in [0.4, 0.5) is 0 Å². The summed E-state index contributed by atoms with van der Waals surface area (Å²) in [6.07, 6.45) is 5.81. The van der Waals surface area contributed by atoms with Gasteiger partial charge < -0.3 is 5.11 Å². The van der Waals surface area contributed by atoms with Gasteiger partial charge in [0.15, 0.2) is 0 Å². The van der Waals surface area contributed by atoms with Crippen molar-refractivity contribution >= 4 is 29.3 Å². The quantitative estimate of drug-likeness (QED) is 0.792. The van der Waals surface area contributed by atoms with Crippen molar-refractivity contribution < 1.29 is 9.90 Å². The lowest BCUT2D eigenvalue weighted by atomic mass is 10.4. The Labute approximate surface area is 90.4 Å². The molecule has 1 N–H and O–H groups in total. The fraction of sp³-hybridized carbons (Fsp3) is 0. The van der Waals surface area contributed by atoms with E-state index in [4.69, 9.17) is 16.7 Å². The van der Waals surface area contributed by atoms with Gasteiger partial charge >= 0.3 is 5.97 Å². The molecule has 2 rings (SSSR count). The molecule has 0 fully saturated rings. The first-order chi connectivity index (χ1) is 7.16. The topological polar surface area (TPSA) is 54.6 Å². The largest absolute Gasteiger partial charge is 0.478 e. The van der Waals surface area contributed by atoms with Gasteiger partial charge in [-0.1, -0.05) is 11.6 Å². The molecule has 0 amide bonds. The van der Waals surface area contributed by atoms with Crippen molar-refractivity contribution in [2.24, 2.45) is 0 Å². The van der Waals surface area contributed by atoms with Crippen molar-refractivity contribution in [2.45, 2.75) is 0 Å². The molecule has 2 aromatic rings. The van der Waals surface area contributed by atoms with Crippen molar-refractivity contribution in [1.82, 2.24) is 9.38 Å². The van der Waals surface area contributed by atoms with Crippen molar-refractivity contribution in [3.63, 3.8) is 0 Å². The van der Waals surface area contributed by atoms with Gasteiger partial charge in [0.1, 0.15) is 5.65 Å². The highest BCUT2D eigenvalue weighted by Crippen LogP contribution is 2.13. The summed E-state index contributed by atoms with van der Waals surface area (Å²) < 4.78 is 1.72. The van der Waals surface area contributed by atoms with Crippen LogP contribution in [0.1, 0.15) is 5.69 Å². The molecule has 0 unspecified atom stereocenters. The van der Waals surface area contributed by atoms with E-state index in [0.29, 0.717) is 10.7 Å². The maximum Gasteiger partial charge on any atom is 0.328 e. The molecule has 15 heavy (non-hydrogen) atoms. The zero-order valence-corrected chi connectivity index (χ0v) is 8.35. The molecule has 0 aliphatic heterocycles. The average Bonchev–Trinajstić information content (AvgIpc) is 2.57. The fourth-order valence-electron chi connectivity index (χ4n) is 1.25. The van der Waals surface area contributed by atoms with Gasteiger partial charge in [0, 0.05) is 12.3 Å². The zero-order chi connectivity index (χ0) is 10.8. The number of fused-ring (bicyclic) bond motifs is 1. The minimum Gasteiger partial charge on any atom is -0.478 e. The molecule has 0 aliphatic rings. The predicted molar refractivity (Wildman–Crippen MR) is 56.9 cm³/mol. The second-order valence-corrected chi connectivity index (χ2v) is 3.37. The lowest BCUT2D eigenvalue weighted by molar-refractivity contribution is -0.131. The van der Waals surface area contributed by atoms with Crippen LogP contribution in [-0.4, -0.2) is 20.5 Å². The molecule has 0 aliphatic carbocycles. The summed E-state index contributed by atoms with van der Waals surface area (Å²) in [7, 11) is 0. The number of carboxylic acid groups (broad SMARTS) is 1. The van der Waals surface area contributed by atoms with Gasteiger partial charge in [0.25, 0.3) is 0 Å². The Morgan fingerprint density at radius 3 is 3.07 bits per heavy atom. The molecule has 0 saturated carbocycles. The second kappa shape index (κ2) is 3.74. The van der Waals surface area contributed by atoms with Crippen molar-refractivity contribution in [3.05, 3.63) is 41.3 Å². The Kier molecular flexibility index (Phi) is 2.43. The highest BCUT2D eigenvalue weighted by molar-refractivity contribution is 6.30. The van der Waals surface area contributed by atoms with Gasteiger partial charge in [-0.05, 0) is 18.2 Å². The number of nitrogens with zero attached hydrogens (tertiary/aromatic N) is 2. The molecule has 0 spiro atoms. The maximum atomic E-state index is 10.4. The fourth-order valence-corrected chi connectivity index (χ4v) is 1.41. The molecule has 0 saturated heterocycles. The normalized spacial score (nSPS) is 11.3. The van der Waals surface area contributed by atoms with E-state index in [1.54, 1.807) is 28.9 Å². The molecule has 0 atom stereocenters. The number of hydrogen-bond acceptors (Lipinski definition) is 2. The lowest BCUT2D eigenvalue weighted by Gasteiger charge is -1.96. The third-order valence-electron chi connectivity index (χ3n) is 1.89. The molecule has 76 valence electrons. The van der Waals surface area contributed by atoms with Crippen LogP contribution in [0, 0.1) is 0 Å². The predicted octanol–water partition coefficient (Wildman–Crippen LogP) is 2.09. The van der Waals surface area contributed by atoms with Crippen LogP contribution in [0.25, 0.3) is 11.7 Å². The summed E-state index contributed by atoms with van der Waals surface area (Å²) in [6.45, 7) is 0. The molecule has 4 nitrogen and oxygen atoms in total. The number of rotatable bonds is 2. The highest BCUT2D eigenvalue weighted by Gasteiger charge is 2.00. The van der Waals surface area contributed by atoms with E-state index in [9.17, 15) is 4.79 Å². The van der Waals surface area contributed by atoms with Gasteiger partial charge in [-0.15, -0.1) is 0 Å². The number of halogens is 1. The lowest BCUT2D eigenvalue weighted by Crippen LogP contribution is -1.89. The minimum atomic E-state index is -0.994. The van der Waals surface area contributed by atoms with E-state index < -0.39 is 5.97 Å². The van der Waals surface area contributed by atoms with Gasteiger partial charge in [-0.2, -0.15) is 0 Å². The van der Waals surface area contributed by atoms with Crippen molar-refractivity contribution in [3.8, 4) is 0 Å². The number of imidazole rings is 1. The molecular weight excluding hydrogens is 216 g/mol. The SMILES string of the molecule is O=C(O)/C=C/c1cnc2ccc(Cl)cn12. The van der Waals surface area contributed by atoms with Crippen LogP contribution in [0.3, 0.4) is 0 Å². The maximum absolute atomic E-state index is 10.4. The average molecular weight is 223 g/mol. The molecule has 0 aromatic carbocycles. The Hall–Kier alpha value is -1.81. The van der Waals surface area contributed by atoms with Crippen molar-refractivity contribution in [2.75, 3.05) is 0 Å². The second-order valence-electron chi connectivity index (χ2n) is 2.93. The first-order valence-electron chi connectivity index (χ1n) is 4.20. The minimum absolute atomic E-state index is 0.575. The number of hydrogen-bond donors (Lipinski definition) is 1. The standard InChI is InChI=1S/C10H7ClN2O2/c11-7-1-3-9-12-5-8(13(9)6-7)2-4-10(14)15/h1-6H,(H,14,15)/b4-2+. The first kappa shape index (κ1) is 9.73. The molecule has 2 heterocycles. The summed E-state index contributed by atoms with van der Waals surface area (Å²) in [6, 6.07) is 3.50. The first-order valence-corrected chi connectivity index (χ1v) is 4.58. The summed E-state index contributed by atoms with van der Waals surface area (Å²) in [5, 5.41) is 9.07. The van der Waals surface area contributed by atoms with Gasteiger partial charge in [-0.3, -0.25) is 4.40 Å². The van der Waals surface area contributed by atoms with Gasteiger partial charge in [0.2, 0.25) is 0 Å². The van der Waals surface area contributed by atoms with E-state index in [-0.39, 0.29) is 0 Å². The number of carboxylic acids is 1. The summed E-state index contributed by atoms with van der Waals surface area (Å²) >= 11 is 5.82. The van der Waals surface area contributed by atoms with Crippen LogP contribution < -0.4 is 0 Å². The van der Waals surface area contributed by atoms with Crippen LogP contribution in [0.15, 0.2) is 30.6 Å². The van der Waals surface area contributed by atoms with E-state index in [1.807, 2.05) is 0 Å². The van der Waals surface area contributed by atoms with Crippen molar-refractivity contribution in [1.29, 1.82) is 0 Å². The number of aromatic nitrogens is 2. The highest BCUT2D eigenvalue weighted by atomic mass is 35.5. The Bertz CT molecular complexity index is 545. The molecule has 0 bridgehead atoms. The van der Waals surface area contributed by atoms with Crippen LogP contribution >= 0.6 is 11.6 Å². The molecule has 0 radical (unpaired) electrons. The summed E-state index contributed by atoms with van der Waals surface area (Å²) in [4.78, 5) is 14.5. The van der Waals surface area contributed by atoms with Gasteiger partial charge in [0.05, 0.1) is 16.9 Å². The summed E-state index contributed by atoms with van der Waals surface area (Å²) in [5.41, 5.74) is 1.40. The third-order valence-corrected chi connectivity index (χ3v) is 2.12. The smallest absolute Gasteiger partial charge is 0.328 e. The Morgan fingerprint density at radius 1 is 1.53 bits per heavy atom. The van der Waals surface area contributed by atoms with Crippen LogP contribution in [-0.2, 0) is 4.79 Å². The number of pyridine rings is 1.